The van der Waals surface area contributed by atoms with Gasteiger partial charge in [-0.25, -0.2) is 14.4 Å². The largest absolute Gasteiger partial charge is 0.456 e. The van der Waals surface area contributed by atoms with Gasteiger partial charge in [-0.2, -0.15) is 0 Å². The number of guanidine groups is 1. The monoisotopic (exact) mass is 767 g/mol. The number of nitrogens with zero attached hydrogens (tertiary/aromatic N) is 4. The molecular weight excluding hydrogens is 723 g/mol. The molecule has 1 heterocycles. The van der Waals surface area contributed by atoms with Gasteiger partial charge in [0, 0.05) is 23.8 Å². The van der Waals surface area contributed by atoms with E-state index >= 15 is 0 Å². The molecule has 0 spiro atoms. The van der Waals surface area contributed by atoms with Gasteiger partial charge in [0.05, 0.1) is 12.6 Å². The van der Waals surface area contributed by atoms with Gasteiger partial charge in [0.25, 0.3) is 0 Å². The number of carbonyl (C=O) groups is 4. The minimum Gasteiger partial charge on any atom is -0.456 e. The number of aliphatic imine (C=N–C) groups is 1. The molecule has 4 rings (SSSR count). The van der Waals surface area contributed by atoms with Crippen molar-refractivity contribution in [3.8, 4) is 11.1 Å². The highest BCUT2D eigenvalue weighted by atomic mass is 32.2. The predicted octanol–water partition coefficient (Wildman–Crippen LogP) is 2.53. The second kappa shape index (κ2) is 20.7. The third-order valence-corrected chi connectivity index (χ3v) is 9.84. The molecule has 0 unspecified atom stereocenters. The summed E-state index contributed by atoms with van der Waals surface area (Å²) in [6.45, 7) is 3.11. The second-order valence-electron chi connectivity index (χ2n) is 12.3. The van der Waals surface area contributed by atoms with Crippen molar-refractivity contribution < 1.29 is 43.2 Å². The highest BCUT2D eigenvalue weighted by Gasteiger charge is 2.49. The molecule has 2 aromatic rings. The summed E-state index contributed by atoms with van der Waals surface area (Å²) in [7, 11) is 0. The fourth-order valence-electron chi connectivity index (χ4n) is 6.13. The van der Waals surface area contributed by atoms with Crippen LogP contribution >= 0.6 is 11.8 Å². The molecule has 54 heavy (non-hydrogen) atoms. The Morgan fingerprint density at radius 3 is 2.35 bits per heavy atom. The van der Waals surface area contributed by atoms with Crippen molar-refractivity contribution in [2.24, 2.45) is 27.3 Å². The molecule has 0 saturated carbocycles. The Labute approximate surface area is 315 Å². The number of benzene rings is 2. The summed E-state index contributed by atoms with van der Waals surface area (Å²) in [4.78, 5) is 58.0. The van der Waals surface area contributed by atoms with Crippen molar-refractivity contribution in [1.29, 1.82) is 0 Å². The lowest BCUT2D eigenvalue weighted by molar-refractivity contribution is -0.189. The first kappa shape index (κ1) is 41.3. The predicted molar refractivity (Wildman–Crippen MR) is 200 cm³/mol. The molecule has 1 aliphatic heterocycles. The molecule has 1 fully saturated rings. The van der Waals surface area contributed by atoms with Gasteiger partial charge < -0.3 is 51.9 Å². The number of aliphatic hydroxyl groups excluding tert-OH is 1. The minimum absolute atomic E-state index is 0.00789. The highest BCUT2D eigenvalue weighted by Crippen LogP contribution is 2.44. The number of azide groups is 1. The number of nitrogens with two attached hydrogens (primary N) is 3. The standard InChI is InChI=1S/C35H45N9O9S/c1-2-16-50-35(49)43-28-30(29(46)26(18-41-44-39)52-32(28)54-17-8-14-27(36)45)53-31(47)25(13-7-15-40-33(37)38)42-34(48)51-19-24-22-11-5-3-9-20(22)21-10-4-6-12-23(21)24/h2-6,9-12,24-26,28-30,32,46H,1,7-8,13-19H2,(H2,36,45)(H,42,48)(H,43,49)(H4,37,38,40)/t25-,26+,28+,29-,30+,32+/m0/s1. The van der Waals surface area contributed by atoms with Crippen LogP contribution in [0.4, 0.5) is 9.59 Å². The molecule has 1 aliphatic carbocycles. The van der Waals surface area contributed by atoms with E-state index in [-0.39, 0.29) is 57.4 Å². The number of nitrogens with one attached hydrogen (secondary N) is 2. The smallest absolute Gasteiger partial charge is 0.407 e. The summed E-state index contributed by atoms with van der Waals surface area (Å²) in [5, 5.41) is 20.1. The van der Waals surface area contributed by atoms with Crippen LogP contribution in [0.2, 0.25) is 0 Å². The zero-order valence-corrected chi connectivity index (χ0v) is 30.3. The number of aliphatic hydroxyl groups is 1. The molecule has 6 atom stereocenters. The van der Waals surface area contributed by atoms with Crippen molar-refractivity contribution in [3.63, 3.8) is 0 Å². The van der Waals surface area contributed by atoms with Crippen molar-refractivity contribution in [2.45, 2.75) is 67.4 Å². The molecule has 18 nitrogen and oxygen atoms in total. The zero-order valence-electron chi connectivity index (χ0n) is 29.5. The Bertz CT molecular complexity index is 1670. The fraction of sp³-hybridized carbons (Fsp3) is 0.457. The lowest BCUT2D eigenvalue weighted by atomic mass is 9.97. The molecular formula is C35H45N9O9S. The van der Waals surface area contributed by atoms with Crippen LogP contribution in [0.3, 0.4) is 0 Å². The van der Waals surface area contributed by atoms with Crippen LogP contribution in [0.5, 0.6) is 0 Å². The lowest BCUT2D eigenvalue weighted by Crippen LogP contribution is -2.65. The van der Waals surface area contributed by atoms with Gasteiger partial charge in [-0.15, -0.1) is 11.8 Å². The van der Waals surface area contributed by atoms with Crippen LogP contribution in [0.1, 0.15) is 42.7 Å². The maximum atomic E-state index is 13.9. The van der Waals surface area contributed by atoms with Crippen molar-refractivity contribution in [3.05, 3.63) is 82.8 Å². The fourth-order valence-corrected chi connectivity index (χ4v) is 7.32. The number of hydrogen-bond donors (Lipinski definition) is 6. The molecule has 0 radical (unpaired) electrons. The van der Waals surface area contributed by atoms with Gasteiger partial charge in [-0.1, -0.05) is 66.3 Å². The summed E-state index contributed by atoms with van der Waals surface area (Å²) in [6.07, 6.45) is -4.14. The first-order chi connectivity index (χ1) is 26.0. The van der Waals surface area contributed by atoms with E-state index in [0.29, 0.717) is 12.2 Å². The Morgan fingerprint density at radius 2 is 1.72 bits per heavy atom. The molecule has 19 heteroatoms. The number of esters is 1. The van der Waals surface area contributed by atoms with Crippen LogP contribution in [0, 0.1) is 0 Å². The Balaban J connectivity index is 1.55. The lowest BCUT2D eigenvalue weighted by Gasteiger charge is -2.44. The van der Waals surface area contributed by atoms with Crippen LogP contribution in [-0.2, 0) is 28.5 Å². The maximum absolute atomic E-state index is 13.9. The molecule has 0 aromatic heterocycles. The van der Waals surface area contributed by atoms with Crippen molar-refractivity contribution in [2.75, 3.05) is 32.1 Å². The van der Waals surface area contributed by atoms with Gasteiger partial charge >= 0.3 is 18.2 Å². The first-order valence-electron chi connectivity index (χ1n) is 17.2. The van der Waals surface area contributed by atoms with Crippen molar-refractivity contribution in [1.82, 2.24) is 10.6 Å². The van der Waals surface area contributed by atoms with E-state index in [2.05, 4.69) is 32.2 Å². The highest BCUT2D eigenvalue weighted by molar-refractivity contribution is 7.99. The molecule has 290 valence electrons. The van der Waals surface area contributed by atoms with E-state index < -0.39 is 59.9 Å². The number of primary amides is 1. The third-order valence-electron chi connectivity index (χ3n) is 8.58. The second-order valence-corrected chi connectivity index (χ2v) is 13.5. The van der Waals surface area contributed by atoms with Crippen LogP contribution < -0.4 is 27.8 Å². The summed E-state index contributed by atoms with van der Waals surface area (Å²) in [5.41, 5.74) is 28.2. The summed E-state index contributed by atoms with van der Waals surface area (Å²) < 4.78 is 22.7. The normalized spacial score (nSPS) is 20.5. The first-order valence-corrected chi connectivity index (χ1v) is 18.2. The van der Waals surface area contributed by atoms with Crippen LogP contribution in [0.15, 0.2) is 71.3 Å². The summed E-state index contributed by atoms with van der Waals surface area (Å²) in [5.74, 6) is -1.58. The number of amides is 3. The summed E-state index contributed by atoms with van der Waals surface area (Å²) >= 11 is 1.15. The molecule has 2 aliphatic rings. The van der Waals surface area contributed by atoms with E-state index in [1.165, 1.54) is 6.08 Å². The van der Waals surface area contributed by atoms with Gasteiger partial charge in [0.15, 0.2) is 12.1 Å². The van der Waals surface area contributed by atoms with E-state index in [9.17, 15) is 24.3 Å². The maximum Gasteiger partial charge on any atom is 0.407 e. The van der Waals surface area contributed by atoms with Crippen LogP contribution in [-0.4, -0.2) is 103 Å². The van der Waals surface area contributed by atoms with E-state index in [1.807, 2.05) is 48.5 Å². The molecule has 1 saturated heterocycles. The number of carbonyl (C=O) groups excluding carboxylic acids is 4. The Hall–Kier alpha value is -5.49. The van der Waals surface area contributed by atoms with E-state index in [4.69, 9.17) is 41.7 Å². The van der Waals surface area contributed by atoms with Gasteiger partial charge in [0.2, 0.25) is 5.91 Å². The van der Waals surface area contributed by atoms with E-state index in [0.717, 1.165) is 34.0 Å². The average molecular weight is 768 g/mol. The Kier molecular flexibility index (Phi) is 15.8. The van der Waals surface area contributed by atoms with Crippen molar-refractivity contribution >= 4 is 41.8 Å². The minimum atomic E-state index is -1.62. The quantitative estimate of drug-likeness (QED) is 0.0138. The SMILES string of the molecule is C=CCOC(=O)N[C@@H]1[C@@H](OC(=O)[C@H](CCCN=C(N)N)NC(=O)OCC2c3ccccc3-c3ccccc32)[C@@H](O)[C@@H](CN=[N+]=[N-])O[C@@H]1SCCCC(N)=O. The van der Waals surface area contributed by atoms with Gasteiger partial charge in [-0.05, 0) is 52.8 Å². The van der Waals surface area contributed by atoms with E-state index in [1.54, 1.807) is 0 Å². The number of ether oxygens (including phenoxy) is 4. The Morgan fingerprint density at radius 1 is 1.04 bits per heavy atom. The van der Waals surface area contributed by atoms with Crippen LogP contribution in [0.25, 0.3) is 21.6 Å². The van der Waals surface area contributed by atoms with Gasteiger partial charge in [0.1, 0.15) is 36.8 Å². The topological polar surface area (TPSA) is 289 Å². The molecule has 2 aromatic carbocycles. The molecule has 9 N–H and O–H groups in total. The zero-order chi connectivity index (χ0) is 39.0. The van der Waals surface area contributed by atoms with Gasteiger partial charge in [-0.3, -0.25) is 9.79 Å². The summed E-state index contributed by atoms with van der Waals surface area (Å²) in [6, 6.07) is 13.1. The average Bonchev–Trinajstić information content (AvgIpc) is 3.47. The molecule has 0 bridgehead atoms. The third kappa shape index (κ3) is 11.5. The number of rotatable bonds is 19. The number of fused-ring (bicyclic) bond motifs is 3. The molecule has 3 amide bonds. The number of alkyl carbamates (subject to hydrolysis) is 2. The number of thioether (sulfide) groups is 1. The number of hydrogen-bond acceptors (Lipinski definition) is 12.